The van der Waals surface area contributed by atoms with Crippen molar-refractivity contribution in [3.8, 4) is 0 Å². The molecule has 1 saturated heterocycles. The summed E-state index contributed by atoms with van der Waals surface area (Å²) in [6.07, 6.45) is 1.24. The molecule has 0 saturated carbocycles. The normalized spacial score (nSPS) is 21.2. The number of nitrogens with two attached hydrogens (primary N) is 1. The number of hydrogen-bond acceptors (Lipinski definition) is 4. The van der Waals surface area contributed by atoms with E-state index in [9.17, 15) is 14.4 Å². The van der Waals surface area contributed by atoms with Crippen LogP contribution in [0, 0.1) is 5.92 Å². The molecule has 0 aromatic heterocycles. The van der Waals surface area contributed by atoms with Crippen LogP contribution in [0.1, 0.15) is 26.7 Å². The minimum atomic E-state index is -1.07. The van der Waals surface area contributed by atoms with Crippen LogP contribution in [0.4, 0.5) is 0 Å². The fraction of sp³-hybridized carbons (Fsp3) is 0.769. The first-order chi connectivity index (χ1) is 9.79. The van der Waals surface area contributed by atoms with E-state index in [0.717, 1.165) is 0 Å². The molecule has 0 aliphatic carbocycles. The summed E-state index contributed by atoms with van der Waals surface area (Å²) in [6.45, 7) is 3.92. The number of carboxylic acids is 1. The van der Waals surface area contributed by atoms with Crippen molar-refractivity contribution in [2.45, 2.75) is 50.1 Å². The fourth-order valence-corrected chi connectivity index (χ4v) is 2.65. The molecule has 0 spiro atoms. The molecule has 1 radical (unpaired) electrons. The molecule has 0 aromatic rings. The van der Waals surface area contributed by atoms with Gasteiger partial charge in [-0.25, -0.2) is 0 Å². The van der Waals surface area contributed by atoms with Crippen molar-refractivity contribution >= 4 is 33.8 Å². The Hall–Kier alpha value is -1.11. The zero-order valence-electron chi connectivity index (χ0n) is 12.2. The van der Waals surface area contributed by atoms with Crippen LogP contribution in [0.3, 0.4) is 0 Å². The molecule has 3 atom stereocenters. The molecular formula is C13H22N3O4Se. The quantitative estimate of drug-likeness (QED) is 0.531. The summed E-state index contributed by atoms with van der Waals surface area (Å²) < 4.78 is 0. The van der Waals surface area contributed by atoms with Crippen LogP contribution in [-0.4, -0.2) is 68.5 Å². The maximum atomic E-state index is 12.3. The number of carbonyl (C=O) groups excluding carboxylic acids is 2. The van der Waals surface area contributed by atoms with Crippen LogP contribution in [0.15, 0.2) is 0 Å². The summed E-state index contributed by atoms with van der Waals surface area (Å²) in [5, 5.41) is 12.0. The van der Waals surface area contributed by atoms with Crippen LogP contribution in [-0.2, 0) is 14.4 Å². The van der Waals surface area contributed by atoms with Gasteiger partial charge in [0.15, 0.2) is 0 Å². The SMILES string of the molecule is CC(C)[C@H](NC(=O)[C@@H]1CCCN1C(=O)[C@@H](N)C[Se])C(=O)O. The second kappa shape index (κ2) is 7.77. The van der Waals surface area contributed by atoms with Crippen molar-refractivity contribution in [3.63, 3.8) is 0 Å². The van der Waals surface area contributed by atoms with E-state index in [-0.39, 0.29) is 11.8 Å². The van der Waals surface area contributed by atoms with Crippen molar-refractivity contribution in [1.82, 2.24) is 10.2 Å². The molecule has 1 rings (SSSR count). The Morgan fingerprint density at radius 1 is 1.43 bits per heavy atom. The molecule has 7 nitrogen and oxygen atoms in total. The Bertz CT molecular complexity index is 416. The van der Waals surface area contributed by atoms with Gasteiger partial charge in [-0.05, 0) is 0 Å². The van der Waals surface area contributed by atoms with Crippen molar-refractivity contribution in [2.75, 3.05) is 6.54 Å². The molecule has 2 amide bonds. The Kier molecular flexibility index (Phi) is 6.64. The predicted molar refractivity (Wildman–Crippen MR) is 77.7 cm³/mol. The van der Waals surface area contributed by atoms with Crippen LogP contribution in [0.5, 0.6) is 0 Å². The summed E-state index contributed by atoms with van der Waals surface area (Å²) in [5.74, 6) is -2.00. The third-order valence-electron chi connectivity index (χ3n) is 3.57. The van der Waals surface area contributed by atoms with Gasteiger partial charge in [-0.1, -0.05) is 0 Å². The van der Waals surface area contributed by atoms with Crippen LogP contribution in [0.2, 0.25) is 5.32 Å². The zero-order chi connectivity index (χ0) is 16.2. The van der Waals surface area contributed by atoms with Gasteiger partial charge in [0.2, 0.25) is 0 Å². The van der Waals surface area contributed by atoms with Crippen molar-refractivity contribution in [3.05, 3.63) is 0 Å². The molecule has 1 aliphatic heterocycles. The van der Waals surface area contributed by atoms with Crippen molar-refractivity contribution in [1.29, 1.82) is 0 Å². The molecule has 0 bridgehead atoms. The van der Waals surface area contributed by atoms with Crippen LogP contribution in [0.25, 0.3) is 0 Å². The number of carboxylic acid groups (broad SMARTS) is 1. The maximum absolute atomic E-state index is 12.3. The molecule has 1 aliphatic rings. The van der Waals surface area contributed by atoms with Crippen LogP contribution < -0.4 is 11.1 Å². The molecule has 21 heavy (non-hydrogen) atoms. The van der Waals surface area contributed by atoms with Gasteiger partial charge < -0.3 is 0 Å². The number of likely N-dealkylation sites (tertiary alicyclic amines) is 1. The number of hydrogen-bond donors (Lipinski definition) is 3. The van der Waals surface area contributed by atoms with Crippen LogP contribution >= 0.6 is 0 Å². The van der Waals surface area contributed by atoms with E-state index in [0.29, 0.717) is 24.7 Å². The average Bonchev–Trinajstić information content (AvgIpc) is 2.91. The Balaban J connectivity index is 2.76. The van der Waals surface area contributed by atoms with E-state index in [1.54, 1.807) is 13.8 Å². The van der Waals surface area contributed by atoms with Gasteiger partial charge in [0.25, 0.3) is 0 Å². The average molecular weight is 363 g/mol. The first-order valence-corrected chi connectivity index (χ1v) is 8.18. The van der Waals surface area contributed by atoms with Gasteiger partial charge in [-0.3, -0.25) is 0 Å². The molecule has 4 N–H and O–H groups in total. The molecule has 1 fully saturated rings. The summed E-state index contributed by atoms with van der Waals surface area (Å²) in [4.78, 5) is 37.0. The zero-order valence-corrected chi connectivity index (χ0v) is 14.0. The molecule has 119 valence electrons. The van der Waals surface area contributed by atoms with E-state index >= 15 is 0 Å². The van der Waals surface area contributed by atoms with Gasteiger partial charge in [-0.2, -0.15) is 0 Å². The number of carbonyl (C=O) groups is 3. The first-order valence-electron chi connectivity index (χ1n) is 6.97. The molecule has 0 aromatic carbocycles. The predicted octanol–water partition coefficient (Wildman–Crippen LogP) is -0.883. The Morgan fingerprint density at radius 3 is 2.52 bits per heavy atom. The third-order valence-corrected chi connectivity index (χ3v) is 4.32. The third kappa shape index (κ3) is 4.43. The first kappa shape index (κ1) is 17.9. The number of aliphatic carboxylic acids is 1. The van der Waals surface area contributed by atoms with Gasteiger partial charge in [-0.15, -0.1) is 0 Å². The van der Waals surface area contributed by atoms with Crippen molar-refractivity contribution < 1.29 is 19.5 Å². The summed E-state index contributed by atoms with van der Waals surface area (Å²) in [5.41, 5.74) is 5.71. The van der Waals surface area contributed by atoms with Gasteiger partial charge in [0.05, 0.1) is 0 Å². The minimum absolute atomic E-state index is 0.232. The molecule has 0 unspecified atom stereocenters. The molecule has 1 heterocycles. The number of nitrogens with zero attached hydrogens (tertiary/aromatic N) is 1. The monoisotopic (exact) mass is 364 g/mol. The second-order valence-corrected chi connectivity index (χ2v) is 6.23. The molecule has 8 heteroatoms. The number of rotatable bonds is 6. The number of amides is 2. The van der Waals surface area contributed by atoms with E-state index in [2.05, 4.69) is 21.3 Å². The summed E-state index contributed by atoms with van der Waals surface area (Å²) >= 11 is 2.70. The van der Waals surface area contributed by atoms with Gasteiger partial charge in [0.1, 0.15) is 0 Å². The fourth-order valence-electron chi connectivity index (χ4n) is 2.35. The Labute approximate surface area is 132 Å². The van der Waals surface area contributed by atoms with E-state index < -0.39 is 30.0 Å². The van der Waals surface area contributed by atoms with E-state index in [1.807, 2.05) is 0 Å². The Morgan fingerprint density at radius 2 is 2.05 bits per heavy atom. The topological polar surface area (TPSA) is 113 Å². The van der Waals surface area contributed by atoms with Gasteiger partial charge in [0, 0.05) is 0 Å². The number of nitrogens with one attached hydrogen (secondary N) is 1. The molecular weight excluding hydrogens is 341 g/mol. The second-order valence-electron chi connectivity index (χ2n) is 5.53. The summed E-state index contributed by atoms with van der Waals surface area (Å²) in [6, 6.07) is -2.25. The van der Waals surface area contributed by atoms with Gasteiger partial charge >= 0.3 is 132 Å². The van der Waals surface area contributed by atoms with E-state index in [4.69, 9.17) is 10.8 Å². The van der Waals surface area contributed by atoms with E-state index in [1.165, 1.54) is 4.90 Å². The van der Waals surface area contributed by atoms with Crippen molar-refractivity contribution in [2.24, 2.45) is 11.7 Å². The summed E-state index contributed by atoms with van der Waals surface area (Å²) in [7, 11) is 0. The standard InChI is InChI=1S/C13H22N3O4Se/c1-7(2)10(13(19)20)15-11(17)9-4-3-5-16(9)12(18)8(14)6-21/h7-10H,3-6,14H2,1-2H3,(H,15,17)(H,19,20)/t8-,9-,10-/m0/s1.